The van der Waals surface area contributed by atoms with Crippen molar-refractivity contribution in [1.29, 1.82) is 0 Å². The molecule has 0 fully saturated rings. The highest BCUT2D eigenvalue weighted by molar-refractivity contribution is 5.90. The third-order valence-electron chi connectivity index (χ3n) is 3.50. The van der Waals surface area contributed by atoms with Crippen LogP contribution in [-0.4, -0.2) is 5.91 Å². The van der Waals surface area contributed by atoms with Crippen LogP contribution in [0.3, 0.4) is 0 Å². The standard InChI is InChI=1S/C18H28NO/c1-3-4-5-6-7-8-9-10-11-18(20)19-17-14-12-16(2)13-15-17/h12-15H,2-11H2,1H3,(H,19,20). The first-order chi connectivity index (χ1) is 9.72. The van der Waals surface area contributed by atoms with Crippen LogP contribution >= 0.6 is 0 Å². The van der Waals surface area contributed by atoms with E-state index in [-0.39, 0.29) is 5.91 Å². The normalized spacial score (nSPS) is 10.5. The van der Waals surface area contributed by atoms with E-state index < -0.39 is 0 Å². The Balaban J connectivity index is 2.01. The van der Waals surface area contributed by atoms with Crippen LogP contribution in [-0.2, 0) is 4.79 Å². The van der Waals surface area contributed by atoms with Crippen molar-refractivity contribution in [2.45, 2.75) is 64.7 Å². The van der Waals surface area contributed by atoms with Crippen molar-refractivity contribution >= 4 is 11.6 Å². The fourth-order valence-corrected chi connectivity index (χ4v) is 2.23. The summed E-state index contributed by atoms with van der Waals surface area (Å²) in [5.41, 5.74) is 1.83. The number of carbonyl (C=O) groups excluding carboxylic acids is 1. The van der Waals surface area contributed by atoms with Crippen LogP contribution in [0.5, 0.6) is 0 Å². The van der Waals surface area contributed by atoms with Gasteiger partial charge >= 0.3 is 0 Å². The van der Waals surface area contributed by atoms with Crippen LogP contribution in [0.1, 0.15) is 70.3 Å². The summed E-state index contributed by atoms with van der Waals surface area (Å²) in [5, 5.41) is 2.92. The number of hydrogen-bond donors (Lipinski definition) is 1. The number of nitrogens with one attached hydrogen (secondary N) is 1. The molecule has 2 nitrogen and oxygen atoms in total. The number of carbonyl (C=O) groups is 1. The van der Waals surface area contributed by atoms with Gasteiger partial charge in [-0.15, -0.1) is 0 Å². The first-order valence-corrected chi connectivity index (χ1v) is 7.94. The molecule has 0 saturated carbocycles. The Morgan fingerprint density at radius 3 is 2.10 bits per heavy atom. The van der Waals surface area contributed by atoms with E-state index in [0.717, 1.165) is 24.1 Å². The lowest BCUT2D eigenvalue weighted by atomic mass is 10.1. The molecule has 1 aromatic carbocycles. The molecule has 0 saturated heterocycles. The first kappa shape index (κ1) is 16.7. The van der Waals surface area contributed by atoms with E-state index in [9.17, 15) is 4.79 Å². The summed E-state index contributed by atoms with van der Waals surface area (Å²) in [6, 6.07) is 7.61. The molecule has 0 atom stereocenters. The van der Waals surface area contributed by atoms with Gasteiger partial charge in [0.25, 0.3) is 0 Å². The Morgan fingerprint density at radius 1 is 0.950 bits per heavy atom. The number of amides is 1. The van der Waals surface area contributed by atoms with Crippen LogP contribution in [0.2, 0.25) is 0 Å². The third-order valence-corrected chi connectivity index (χ3v) is 3.50. The van der Waals surface area contributed by atoms with Crippen molar-refractivity contribution in [2.24, 2.45) is 0 Å². The van der Waals surface area contributed by atoms with Crippen LogP contribution < -0.4 is 5.32 Å². The highest BCUT2D eigenvalue weighted by atomic mass is 16.1. The second-order valence-corrected chi connectivity index (χ2v) is 5.47. The number of anilines is 1. The summed E-state index contributed by atoms with van der Waals surface area (Å²) < 4.78 is 0. The maximum Gasteiger partial charge on any atom is 0.224 e. The van der Waals surface area contributed by atoms with Crippen molar-refractivity contribution in [1.82, 2.24) is 0 Å². The second-order valence-electron chi connectivity index (χ2n) is 5.47. The molecule has 0 aliphatic rings. The van der Waals surface area contributed by atoms with Crippen LogP contribution in [0.25, 0.3) is 0 Å². The van der Waals surface area contributed by atoms with Gasteiger partial charge in [0.2, 0.25) is 5.91 Å². The van der Waals surface area contributed by atoms with Crippen molar-refractivity contribution in [3.05, 3.63) is 36.8 Å². The fraction of sp³-hybridized carbons (Fsp3) is 0.556. The summed E-state index contributed by atoms with van der Waals surface area (Å²) >= 11 is 0. The molecule has 0 aliphatic heterocycles. The van der Waals surface area contributed by atoms with Gasteiger partial charge in [0.15, 0.2) is 0 Å². The van der Waals surface area contributed by atoms with Crippen LogP contribution in [0.4, 0.5) is 5.69 Å². The summed E-state index contributed by atoms with van der Waals surface area (Å²) in [5.74, 6) is 0.118. The lowest BCUT2D eigenvalue weighted by molar-refractivity contribution is -0.116. The summed E-state index contributed by atoms with van der Waals surface area (Å²) in [7, 11) is 0. The van der Waals surface area contributed by atoms with Gasteiger partial charge in [0.1, 0.15) is 0 Å². The van der Waals surface area contributed by atoms with E-state index in [1.807, 2.05) is 24.3 Å². The Hall–Kier alpha value is -1.31. The highest BCUT2D eigenvalue weighted by Gasteiger charge is 2.01. The minimum atomic E-state index is 0.118. The fourth-order valence-electron chi connectivity index (χ4n) is 2.23. The average molecular weight is 274 g/mol. The molecule has 1 rings (SSSR count). The molecule has 0 aliphatic carbocycles. The first-order valence-electron chi connectivity index (χ1n) is 7.94. The molecule has 111 valence electrons. The number of rotatable bonds is 10. The van der Waals surface area contributed by atoms with Gasteiger partial charge in [-0.1, -0.05) is 64.0 Å². The minimum Gasteiger partial charge on any atom is -0.326 e. The number of benzene rings is 1. The van der Waals surface area contributed by atoms with Gasteiger partial charge in [-0.25, -0.2) is 0 Å². The van der Waals surface area contributed by atoms with Crippen molar-refractivity contribution in [2.75, 3.05) is 5.32 Å². The van der Waals surface area contributed by atoms with Crippen LogP contribution in [0.15, 0.2) is 24.3 Å². The molecule has 0 spiro atoms. The molecule has 1 radical (unpaired) electrons. The summed E-state index contributed by atoms with van der Waals surface area (Å²) in [6.07, 6.45) is 10.7. The smallest absolute Gasteiger partial charge is 0.224 e. The zero-order valence-corrected chi connectivity index (χ0v) is 12.8. The topological polar surface area (TPSA) is 29.1 Å². The molecular formula is C18H28NO. The average Bonchev–Trinajstić information content (AvgIpc) is 2.44. The molecule has 1 N–H and O–H groups in total. The maximum atomic E-state index is 11.7. The summed E-state index contributed by atoms with van der Waals surface area (Å²) in [6.45, 7) is 6.06. The Bertz CT molecular complexity index is 370. The van der Waals surface area contributed by atoms with E-state index in [1.54, 1.807) is 0 Å². The number of unbranched alkanes of at least 4 members (excludes halogenated alkanes) is 7. The molecule has 0 heterocycles. The lowest BCUT2D eigenvalue weighted by Crippen LogP contribution is -2.10. The molecule has 0 bridgehead atoms. The predicted octanol–water partition coefficient (Wildman–Crippen LogP) is 5.34. The van der Waals surface area contributed by atoms with Gasteiger partial charge in [0.05, 0.1) is 0 Å². The van der Waals surface area contributed by atoms with Crippen molar-refractivity contribution < 1.29 is 4.79 Å². The maximum absolute atomic E-state index is 11.7. The van der Waals surface area contributed by atoms with Crippen LogP contribution in [0, 0.1) is 6.92 Å². The zero-order chi connectivity index (χ0) is 14.6. The lowest BCUT2D eigenvalue weighted by Gasteiger charge is -2.05. The third kappa shape index (κ3) is 7.98. The van der Waals surface area contributed by atoms with E-state index in [2.05, 4.69) is 19.2 Å². The quantitative estimate of drug-likeness (QED) is 0.573. The molecule has 1 aromatic rings. The summed E-state index contributed by atoms with van der Waals surface area (Å²) in [4.78, 5) is 11.7. The number of hydrogen-bond acceptors (Lipinski definition) is 1. The van der Waals surface area contributed by atoms with E-state index in [0.29, 0.717) is 6.42 Å². The van der Waals surface area contributed by atoms with E-state index in [1.165, 1.54) is 38.5 Å². The Kier molecular flexibility index (Phi) is 8.77. The van der Waals surface area contributed by atoms with Gasteiger partial charge in [-0.3, -0.25) is 4.79 Å². The Labute approximate surface area is 124 Å². The largest absolute Gasteiger partial charge is 0.326 e. The predicted molar refractivity (Wildman–Crippen MR) is 86.8 cm³/mol. The SMILES string of the molecule is [CH2]c1ccc(NC(=O)CCCCCCCCCC)cc1. The second kappa shape index (κ2) is 10.5. The molecule has 0 aromatic heterocycles. The zero-order valence-electron chi connectivity index (χ0n) is 12.8. The Morgan fingerprint density at radius 2 is 1.50 bits per heavy atom. The molecule has 20 heavy (non-hydrogen) atoms. The van der Waals surface area contributed by atoms with Crippen molar-refractivity contribution in [3.8, 4) is 0 Å². The highest BCUT2D eigenvalue weighted by Crippen LogP contribution is 2.12. The molecule has 0 unspecified atom stereocenters. The van der Waals surface area contributed by atoms with Gasteiger partial charge in [-0.05, 0) is 31.0 Å². The van der Waals surface area contributed by atoms with Crippen molar-refractivity contribution in [3.63, 3.8) is 0 Å². The van der Waals surface area contributed by atoms with Gasteiger partial charge < -0.3 is 5.32 Å². The molecule has 1 amide bonds. The van der Waals surface area contributed by atoms with E-state index in [4.69, 9.17) is 0 Å². The van der Waals surface area contributed by atoms with Gasteiger partial charge in [-0.2, -0.15) is 0 Å². The minimum absolute atomic E-state index is 0.118. The molecular weight excluding hydrogens is 246 g/mol. The monoisotopic (exact) mass is 274 g/mol. The molecule has 2 heteroatoms. The van der Waals surface area contributed by atoms with E-state index >= 15 is 0 Å². The van der Waals surface area contributed by atoms with Gasteiger partial charge in [0, 0.05) is 12.1 Å².